The molecule has 200 valence electrons. The van der Waals surface area contributed by atoms with E-state index in [4.69, 9.17) is 5.79 Å². The van der Waals surface area contributed by atoms with E-state index < -0.39 is 0 Å². The molecule has 0 N–H and O–H groups in total. The molecule has 0 aliphatic heterocycles. The van der Waals surface area contributed by atoms with E-state index in [1.54, 1.807) is 0 Å². The summed E-state index contributed by atoms with van der Waals surface area (Å²) >= 11 is 0. The Kier molecular flexibility index (Phi) is 5.04. The second kappa shape index (κ2) is 9.44. The lowest BCUT2D eigenvalue weighted by Crippen LogP contribution is -1.91. The van der Waals surface area contributed by atoms with Gasteiger partial charge in [-0.3, -0.25) is 0 Å². The standard InChI is InChI=1S/C42H26O/c1-2-10-30-25-31(22-19-27(30)9-1)28-17-20-29(21-18-28)41-34-12-3-5-14-36(34)42(37-15-6-4-13-35(37)41)32-23-24-40-38(26-32)33-11-7-8-16-39(33)43-40/h1-26H/i1D. The van der Waals surface area contributed by atoms with E-state index in [9.17, 15) is 0 Å². The second-order valence-electron chi connectivity index (χ2n) is 11.2. The molecule has 0 bridgehead atoms. The van der Waals surface area contributed by atoms with E-state index in [1.165, 1.54) is 54.9 Å². The Morgan fingerprint density at radius 3 is 1.63 bits per heavy atom. The van der Waals surface area contributed by atoms with Crippen molar-refractivity contribution < 1.29 is 5.79 Å². The zero-order valence-electron chi connectivity index (χ0n) is 24.3. The van der Waals surface area contributed by atoms with Crippen molar-refractivity contribution in [1.82, 2.24) is 0 Å². The molecular formula is C42H26O. The van der Waals surface area contributed by atoms with Gasteiger partial charge in [0.15, 0.2) is 0 Å². The fraction of sp³-hybridized carbons (Fsp3) is 0. The first-order valence-electron chi connectivity index (χ1n) is 15.2. The molecule has 0 aliphatic carbocycles. The first-order valence-corrected chi connectivity index (χ1v) is 14.7. The van der Waals surface area contributed by atoms with Gasteiger partial charge >= 0.3 is 0 Å². The Labute approximate surface area is 250 Å². The first-order chi connectivity index (χ1) is 21.7. The molecule has 1 aromatic heterocycles. The molecule has 0 amide bonds. The maximum Gasteiger partial charge on any atom is 0.135 e. The van der Waals surface area contributed by atoms with Crippen molar-refractivity contribution in [3.05, 3.63) is 158 Å². The monoisotopic (exact) mass is 547 g/mol. The van der Waals surface area contributed by atoms with Crippen molar-refractivity contribution in [3.63, 3.8) is 0 Å². The van der Waals surface area contributed by atoms with Gasteiger partial charge < -0.3 is 4.42 Å². The van der Waals surface area contributed by atoms with Crippen LogP contribution in [-0.4, -0.2) is 0 Å². The summed E-state index contributed by atoms with van der Waals surface area (Å²) in [5.74, 6) is 0. The lowest BCUT2D eigenvalue weighted by molar-refractivity contribution is 0.669. The quantitative estimate of drug-likeness (QED) is 0.201. The highest BCUT2D eigenvalue weighted by molar-refractivity contribution is 6.22. The number of fused-ring (bicyclic) bond motifs is 6. The molecule has 0 aliphatic rings. The van der Waals surface area contributed by atoms with Crippen LogP contribution in [0.25, 0.3) is 87.6 Å². The van der Waals surface area contributed by atoms with E-state index in [2.05, 4.69) is 121 Å². The van der Waals surface area contributed by atoms with Crippen LogP contribution >= 0.6 is 0 Å². The third kappa shape index (κ3) is 3.79. The zero-order chi connectivity index (χ0) is 29.2. The minimum atomic E-state index is 0.538. The maximum atomic E-state index is 7.93. The summed E-state index contributed by atoms with van der Waals surface area (Å²) in [5.41, 5.74) is 9.06. The van der Waals surface area contributed by atoms with Gasteiger partial charge in [0.05, 0.1) is 1.37 Å². The molecule has 0 spiro atoms. The van der Waals surface area contributed by atoms with Crippen LogP contribution in [-0.2, 0) is 0 Å². The van der Waals surface area contributed by atoms with Gasteiger partial charge in [-0.15, -0.1) is 0 Å². The molecule has 0 saturated heterocycles. The summed E-state index contributed by atoms with van der Waals surface area (Å²) in [7, 11) is 0. The molecule has 0 radical (unpaired) electrons. The van der Waals surface area contributed by atoms with Gasteiger partial charge in [-0.05, 0) is 90.0 Å². The molecule has 0 atom stereocenters. The first kappa shape index (κ1) is 23.0. The number of para-hydroxylation sites is 1. The molecule has 1 heteroatoms. The molecule has 9 rings (SSSR count). The highest BCUT2D eigenvalue weighted by Gasteiger charge is 2.17. The fourth-order valence-electron chi connectivity index (χ4n) is 6.77. The molecule has 1 heterocycles. The van der Waals surface area contributed by atoms with Crippen molar-refractivity contribution >= 4 is 54.3 Å². The molecule has 9 aromatic rings. The van der Waals surface area contributed by atoms with E-state index in [0.717, 1.165) is 32.7 Å². The van der Waals surface area contributed by atoms with Crippen molar-refractivity contribution in [3.8, 4) is 33.4 Å². The topological polar surface area (TPSA) is 13.1 Å². The highest BCUT2D eigenvalue weighted by atomic mass is 16.3. The average Bonchev–Trinajstić information content (AvgIpc) is 3.45. The summed E-state index contributed by atoms with van der Waals surface area (Å²) in [4.78, 5) is 0. The van der Waals surface area contributed by atoms with Crippen LogP contribution in [0.1, 0.15) is 1.37 Å². The van der Waals surface area contributed by atoms with Gasteiger partial charge in [-0.2, -0.15) is 0 Å². The van der Waals surface area contributed by atoms with Gasteiger partial charge in [0.1, 0.15) is 11.2 Å². The zero-order valence-corrected chi connectivity index (χ0v) is 23.3. The van der Waals surface area contributed by atoms with E-state index >= 15 is 0 Å². The van der Waals surface area contributed by atoms with Gasteiger partial charge in [-0.25, -0.2) is 0 Å². The van der Waals surface area contributed by atoms with E-state index in [-0.39, 0.29) is 0 Å². The third-order valence-corrected chi connectivity index (χ3v) is 8.79. The summed E-state index contributed by atoms with van der Waals surface area (Å²) in [6.45, 7) is 0. The number of furan rings is 1. The van der Waals surface area contributed by atoms with Gasteiger partial charge in [0.25, 0.3) is 0 Å². The number of hydrogen-bond acceptors (Lipinski definition) is 1. The van der Waals surface area contributed by atoms with Crippen LogP contribution in [0.5, 0.6) is 0 Å². The predicted molar refractivity (Wildman–Crippen MR) is 183 cm³/mol. The molecular weight excluding hydrogens is 520 g/mol. The highest BCUT2D eigenvalue weighted by Crippen LogP contribution is 2.45. The molecule has 1 nitrogen and oxygen atoms in total. The van der Waals surface area contributed by atoms with Crippen LogP contribution in [0.3, 0.4) is 0 Å². The predicted octanol–water partition coefficient (Wildman–Crippen LogP) is 12.0. The molecule has 0 unspecified atom stereocenters. The van der Waals surface area contributed by atoms with E-state index in [0.29, 0.717) is 6.04 Å². The summed E-state index contributed by atoms with van der Waals surface area (Å²) < 4.78 is 14.1. The Hall–Kier alpha value is -5.66. The largest absolute Gasteiger partial charge is 0.456 e. The normalized spacial score (nSPS) is 12.0. The summed E-state index contributed by atoms with van der Waals surface area (Å²) in [5, 5.41) is 9.47. The second-order valence-corrected chi connectivity index (χ2v) is 11.2. The van der Waals surface area contributed by atoms with Gasteiger partial charge in [0, 0.05) is 10.8 Å². The third-order valence-electron chi connectivity index (χ3n) is 8.79. The minimum Gasteiger partial charge on any atom is -0.456 e. The Morgan fingerprint density at radius 2 is 0.907 bits per heavy atom. The Morgan fingerprint density at radius 1 is 0.349 bits per heavy atom. The smallest absolute Gasteiger partial charge is 0.135 e. The molecule has 43 heavy (non-hydrogen) atoms. The number of benzene rings is 8. The van der Waals surface area contributed by atoms with Crippen LogP contribution in [0, 0.1) is 0 Å². The fourth-order valence-corrected chi connectivity index (χ4v) is 6.77. The van der Waals surface area contributed by atoms with Crippen molar-refractivity contribution in [1.29, 1.82) is 0 Å². The molecule has 0 fully saturated rings. The van der Waals surface area contributed by atoms with E-state index in [1.807, 2.05) is 30.3 Å². The van der Waals surface area contributed by atoms with Gasteiger partial charge in [-0.1, -0.05) is 133 Å². The van der Waals surface area contributed by atoms with Crippen LogP contribution in [0.2, 0.25) is 0 Å². The summed E-state index contributed by atoms with van der Waals surface area (Å²) in [6, 6.07) is 54.2. The minimum absolute atomic E-state index is 0.538. The Balaban J connectivity index is 1.24. The summed E-state index contributed by atoms with van der Waals surface area (Å²) in [6.07, 6.45) is 0. The van der Waals surface area contributed by atoms with Crippen LogP contribution in [0.4, 0.5) is 0 Å². The average molecular weight is 548 g/mol. The molecule has 0 saturated carbocycles. The maximum absolute atomic E-state index is 7.93. The number of hydrogen-bond donors (Lipinski definition) is 0. The van der Waals surface area contributed by atoms with Gasteiger partial charge in [0.2, 0.25) is 0 Å². The molecule has 8 aromatic carbocycles. The lowest BCUT2D eigenvalue weighted by Gasteiger charge is -2.18. The van der Waals surface area contributed by atoms with Crippen molar-refractivity contribution in [2.24, 2.45) is 0 Å². The van der Waals surface area contributed by atoms with Crippen molar-refractivity contribution in [2.75, 3.05) is 0 Å². The van der Waals surface area contributed by atoms with Crippen LogP contribution in [0.15, 0.2) is 162 Å². The van der Waals surface area contributed by atoms with Crippen LogP contribution < -0.4 is 0 Å². The lowest BCUT2D eigenvalue weighted by atomic mass is 9.85. The number of rotatable bonds is 3. The SMILES string of the molecule is [2H]c1ccc2cc(-c3ccc(-c4c5ccccc5c(-c5ccc6oc7ccccc7c6c5)c5ccccc45)cc3)ccc2c1. The Bertz CT molecular complexity index is 2500. The van der Waals surface area contributed by atoms with Crippen molar-refractivity contribution in [2.45, 2.75) is 0 Å².